The third-order valence-electron chi connectivity index (χ3n) is 5.57. The van der Waals surface area contributed by atoms with Crippen molar-refractivity contribution >= 4 is 29.1 Å². The van der Waals surface area contributed by atoms with Crippen molar-refractivity contribution in [3.05, 3.63) is 59.7 Å². The minimum Gasteiger partial charge on any atom is -0.378 e. The Bertz CT molecular complexity index is 983. The molecule has 2 aliphatic rings. The predicted molar refractivity (Wildman–Crippen MR) is 123 cm³/mol. The number of morpholine rings is 2. The van der Waals surface area contributed by atoms with E-state index in [1.165, 1.54) is 0 Å². The molecule has 9 heteroatoms. The van der Waals surface area contributed by atoms with Gasteiger partial charge in [0, 0.05) is 48.7 Å². The topological polar surface area (TPSA) is 100 Å². The van der Waals surface area contributed by atoms with Crippen LogP contribution in [0.25, 0.3) is 0 Å². The molecule has 0 saturated carbocycles. The van der Waals surface area contributed by atoms with Crippen LogP contribution in [0.15, 0.2) is 48.5 Å². The molecule has 0 spiro atoms. The summed E-state index contributed by atoms with van der Waals surface area (Å²) in [7, 11) is 0. The normalized spacial score (nSPS) is 16.2. The molecular weight excluding hydrogens is 424 g/mol. The molecule has 0 aromatic heterocycles. The highest BCUT2D eigenvalue weighted by Gasteiger charge is 2.19. The fourth-order valence-corrected chi connectivity index (χ4v) is 3.74. The van der Waals surface area contributed by atoms with Crippen molar-refractivity contribution in [1.82, 2.24) is 9.80 Å². The fraction of sp³-hybridized carbons (Fsp3) is 0.375. The zero-order chi connectivity index (χ0) is 23.0. The molecule has 2 fully saturated rings. The Morgan fingerprint density at radius 3 is 1.91 bits per heavy atom. The van der Waals surface area contributed by atoms with E-state index in [1.807, 2.05) is 6.07 Å². The van der Waals surface area contributed by atoms with Gasteiger partial charge in [0.15, 0.2) is 0 Å². The van der Waals surface area contributed by atoms with Crippen LogP contribution in [0.5, 0.6) is 0 Å². The van der Waals surface area contributed by atoms with E-state index in [0.717, 1.165) is 0 Å². The van der Waals surface area contributed by atoms with Crippen LogP contribution in [0.3, 0.4) is 0 Å². The molecule has 2 aromatic carbocycles. The van der Waals surface area contributed by atoms with Crippen LogP contribution in [0.2, 0.25) is 0 Å². The summed E-state index contributed by atoms with van der Waals surface area (Å²) >= 11 is 0. The zero-order valence-corrected chi connectivity index (χ0v) is 18.4. The number of nitrogens with one attached hydrogen (secondary N) is 2. The van der Waals surface area contributed by atoms with Crippen LogP contribution in [0, 0.1) is 0 Å². The number of carbonyl (C=O) groups is 3. The second-order valence-electron chi connectivity index (χ2n) is 7.87. The molecule has 3 amide bonds. The molecule has 2 aliphatic heterocycles. The summed E-state index contributed by atoms with van der Waals surface area (Å²) < 4.78 is 10.6. The Balaban J connectivity index is 1.28. The van der Waals surface area contributed by atoms with E-state index < -0.39 is 0 Å². The number of amides is 3. The average molecular weight is 453 g/mol. The predicted octanol–water partition coefficient (Wildman–Crippen LogP) is 1.68. The average Bonchev–Trinajstić information content (AvgIpc) is 2.88. The van der Waals surface area contributed by atoms with Crippen LogP contribution < -0.4 is 10.6 Å². The van der Waals surface area contributed by atoms with Crippen LogP contribution in [0.1, 0.15) is 20.7 Å². The van der Waals surface area contributed by atoms with Gasteiger partial charge in [-0.3, -0.25) is 14.4 Å². The minimum atomic E-state index is -0.229. The van der Waals surface area contributed by atoms with Gasteiger partial charge in [-0.1, -0.05) is 6.07 Å². The van der Waals surface area contributed by atoms with Gasteiger partial charge in [0.2, 0.25) is 5.91 Å². The quantitative estimate of drug-likeness (QED) is 0.692. The third-order valence-corrected chi connectivity index (χ3v) is 5.57. The Morgan fingerprint density at radius 2 is 1.30 bits per heavy atom. The van der Waals surface area contributed by atoms with Gasteiger partial charge in [-0.05, 0) is 42.5 Å². The third kappa shape index (κ3) is 6.09. The molecule has 0 atom stereocenters. The Hall–Kier alpha value is -3.43. The van der Waals surface area contributed by atoms with E-state index in [9.17, 15) is 14.4 Å². The van der Waals surface area contributed by atoms with Crippen molar-refractivity contribution < 1.29 is 23.9 Å². The van der Waals surface area contributed by atoms with Crippen molar-refractivity contribution in [2.75, 3.05) is 69.8 Å². The first-order valence-electron chi connectivity index (χ1n) is 11.1. The van der Waals surface area contributed by atoms with Gasteiger partial charge in [0.05, 0.1) is 33.0 Å². The number of anilines is 2. The molecule has 33 heavy (non-hydrogen) atoms. The number of carbonyl (C=O) groups excluding carboxylic acids is 3. The van der Waals surface area contributed by atoms with Gasteiger partial charge >= 0.3 is 0 Å². The molecule has 0 radical (unpaired) electrons. The zero-order valence-electron chi connectivity index (χ0n) is 18.4. The van der Waals surface area contributed by atoms with Crippen molar-refractivity contribution in [3.63, 3.8) is 0 Å². The second-order valence-corrected chi connectivity index (χ2v) is 7.87. The lowest BCUT2D eigenvalue weighted by atomic mass is 10.1. The molecule has 9 nitrogen and oxygen atoms in total. The van der Waals surface area contributed by atoms with Gasteiger partial charge in [0.25, 0.3) is 11.8 Å². The first-order chi connectivity index (χ1) is 16.1. The number of nitrogens with zero attached hydrogens (tertiary/aromatic N) is 2. The Kier molecular flexibility index (Phi) is 7.54. The molecule has 2 heterocycles. The van der Waals surface area contributed by atoms with Gasteiger partial charge in [-0.25, -0.2) is 0 Å². The summed E-state index contributed by atoms with van der Waals surface area (Å²) in [6.45, 7) is 4.58. The van der Waals surface area contributed by atoms with Gasteiger partial charge in [-0.2, -0.15) is 0 Å². The first-order valence-corrected chi connectivity index (χ1v) is 11.1. The standard InChI is InChI=1S/C24H28N4O5/c29-22(26-20-6-4-18(5-7-20)23(30)27-8-12-32-13-9-27)17-25-21-3-1-2-19(16-21)24(31)28-10-14-33-15-11-28/h1-7,16,25H,8-15,17H2,(H,26,29). The fourth-order valence-electron chi connectivity index (χ4n) is 3.74. The molecule has 2 saturated heterocycles. The van der Waals surface area contributed by atoms with Crippen LogP contribution in [-0.4, -0.2) is 86.7 Å². The maximum atomic E-state index is 12.6. The molecule has 4 rings (SSSR count). The van der Waals surface area contributed by atoms with E-state index >= 15 is 0 Å². The lowest BCUT2D eigenvalue weighted by Gasteiger charge is -2.27. The van der Waals surface area contributed by atoms with E-state index in [2.05, 4.69) is 10.6 Å². The summed E-state index contributed by atoms with van der Waals surface area (Å²) in [4.78, 5) is 41.0. The number of benzene rings is 2. The SMILES string of the molecule is O=C(CNc1cccc(C(=O)N2CCOCC2)c1)Nc1ccc(C(=O)N2CCOCC2)cc1. The molecule has 0 bridgehead atoms. The van der Waals surface area contributed by atoms with Crippen LogP contribution in [0.4, 0.5) is 11.4 Å². The highest BCUT2D eigenvalue weighted by atomic mass is 16.5. The number of hydrogen-bond acceptors (Lipinski definition) is 6. The monoisotopic (exact) mass is 452 g/mol. The van der Waals surface area contributed by atoms with Gasteiger partial charge < -0.3 is 29.9 Å². The molecule has 2 N–H and O–H groups in total. The Labute approximate surface area is 192 Å². The smallest absolute Gasteiger partial charge is 0.254 e. The number of ether oxygens (including phenoxy) is 2. The Morgan fingerprint density at radius 1 is 0.727 bits per heavy atom. The minimum absolute atomic E-state index is 0.0376. The maximum Gasteiger partial charge on any atom is 0.254 e. The summed E-state index contributed by atoms with van der Waals surface area (Å²) in [6.07, 6.45) is 0. The van der Waals surface area contributed by atoms with Crippen molar-refractivity contribution in [2.45, 2.75) is 0 Å². The molecule has 0 aliphatic carbocycles. The van der Waals surface area contributed by atoms with E-state index in [0.29, 0.717) is 75.1 Å². The summed E-state index contributed by atoms with van der Waals surface area (Å²) in [5, 5.41) is 5.87. The van der Waals surface area contributed by atoms with Crippen molar-refractivity contribution in [1.29, 1.82) is 0 Å². The first kappa shape index (κ1) is 22.8. The van der Waals surface area contributed by atoms with E-state index in [1.54, 1.807) is 52.3 Å². The largest absolute Gasteiger partial charge is 0.378 e. The summed E-state index contributed by atoms with van der Waals surface area (Å²) in [5.74, 6) is -0.311. The van der Waals surface area contributed by atoms with Gasteiger partial charge in [0.1, 0.15) is 0 Å². The summed E-state index contributed by atoms with van der Waals surface area (Å²) in [5.41, 5.74) is 2.45. The van der Waals surface area contributed by atoms with E-state index in [-0.39, 0.29) is 24.3 Å². The lowest BCUT2D eigenvalue weighted by molar-refractivity contribution is -0.114. The van der Waals surface area contributed by atoms with Gasteiger partial charge in [-0.15, -0.1) is 0 Å². The van der Waals surface area contributed by atoms with Crippen LogP contribution in [-0.2, 0) is 14.3 Å². The maximum absolute atomic E-state index is 12.6. The number of rotatable bonds is 6. The molecular formula is C24H28N4O5. The second kappa shape index (κ2) is 10.9. The molecule has 0 unspecified atom stereocenters. The highest BCUT2D eigenvalue weighted by molar-refractivity contribution is 5.97. The highest BCUT2D eigenvalue weighted by Crippen LogP contribution is 2.15. The van der Waals surface area contributed by atoms with Crippen molar-refractivity contribution in [3.8, 4) is 0 Å². The van der Waals surface area contributed by atoms with Crippen molar-refractivity contribution in [2.24, 2.45) is 0 Å². The lowest BCUT2D eigenvalue weighted by Crippen LogP contribution is -2.40. The molecule has 174 valence electrons. The molecule has 2 aromatic rings. The summed E-state index contributed by atoms with van der Waals surface area (Å²) in [6, 6.07) is 14.0. The number of hydrogen-bond donors (Lipinski definition) is 2. The van der Waals surface area contributed by atoms with E-state index in [4.69, 9.17) is 9.47 Å². The van der Waals surface area contributed by atoms with Crippen LogP contribution >= 0.6 is 0 Å².